The molecule has 0 aromatic carbocycles. The van der Waals surface area contributed by atoms with Crippen molar-refractivity contribution in [1.29, 1.82) is 0 Å². The topological polar surface area (TPSA) is 75.4 Å². The van der Waals surface area contributed by atoms with Gasteiger partial charge in [-0.05, 0) is 32.2 Å². The van der Waals surface area contributed by atoms with Crippen LogP contribution in [0.2, 0.25) is 0 Å². The normalized spacial score (nSPS) is 17.3. The Hall–Kier alpha value is -0.170. The third-order valence-corrected chi connectivity index (χ3v) is 3.99. The van der Waals surface area contributed by atoms with Crippen LogP contribution in [0.3, 0.4) is 0 Å². The lowest BCUT2D eigenvalue weighted by Crippen LogP contribution is -2.43. The summed E-state index contributed by atoms with van der Waals surface area (Å²) in [6.07, 6.45) is 3.48. The molecule has 0 atom stereocenters. The summed E-state index contributed by atoms with van der Waals surface area (Å²) >= 11 is 0. The van der Waals surface area contributed by atoms with Crippen LogP contribution in [0, 0.1) is 0 Å². The van der Waals surface area contributed by atoms with Crippen molar-refractivity contribution in [2.75, 3.05) is 19.6 Å². The van der Waals surface area contributed by atoms with E-state index in [1.165, 1.54) is 4.31 Å². The zero-order chi connectivity index (χ0) is 11.3. The zero-order valence-corrected chi connectivity index (χ0v) is 10.1. The lowest BCUT2D eigenvalue weighted by molar-refractivity contribution is 0.398. The Balaban J connectivity index is 2.50. The van der Waals surface area contributed by atoms with Crippen molar-refractivity contribution >= 4 is 10.2 Å². The van der Waals surface area contributed by atoms with Gasteiger partial charge in [0.1, 0.15) is 0 Å². The van der Waals surface area contributed by atoms with Crippen LogP contribution >= 0.6 is 0 Å². The highest BCUT2D eigenvalue weighted by atomic mass is 32.2. The molecule has 0 aromatic heterocycles. The monoisotopic (exact) mass is 235 g/mol. The minimum absolute atomic E-state index is 0.173. The number of rotatable bonds is 8. The van der Waals surface area contributed by atoms with E-state index in [1.807, 2.05) is 6.92 Å². The smallest absolute Gasteiger partial charge is 0.279 e. The maximum absolute atomic E-state index is 11.9. The molecule has 5 nitrogen and oxygen atoms in total. The second-order valence-corrected chi connectivity index (χ2v) is 5.64. The molecule has 0 heterocycles. The van der Waals surface area contributed by atoms with E-state index in [1.54, 1.807) is 0 Å². The van der Waals surface area contributed by atoms with Gasteiger partial charge in [0, 0.05) is 19.1 Å². The molecule has 0 aliphatic heterocycles. The molecule has 1 fully saturated rings. The highest BCUT2D eigenvalue weighted by Crippen LogP contribution is 2.20. The van der Waals surface area contributed by atoms with Crippen LogP contribution in [0.4, 0.5) is 0 Å². The second-order valence-electron chi connectivity index (χ2n) is 3.94. The van der Waals surface area contributed by atoms with Crippen molar-refractivity contribution in [3.05, 3.63) is 0 Å². The lowest BCUT2D eigenvalue weighted by atomic mass is 10.4. The standard InChI is InChI=1S/C9H21N3O2S/c1-2-7-12(8-3-6-10)15(13,14)11-9-4-5-9/h9,11H,2-8,10H2,1H3. The number of hydrogen-bond acceptors (Lipinski definition) is 3. The summed E-state index contributed by atoms with van der Waals surface area (Å²) in [6, 6.07) is 0.173. The van der Waals surface area contributed by atoms with Crippen LogP contribution in [-0.4, -0.2) is 38.4 Å². The van der Waals surface area contributed by atoms with Gasteiger partial charge in [0.25, 0.3) is 10.2 Å². The third kappa shape index (κ3) is 4.46. The van der Waals surface area contributed by atoms with Crippen molar-refractivity contribution in [2.45, 2.75) is 38.6 Å². The summed E-state index contributed by atoms with van der Waals surface area (Å²) in [7, 11) is -3.27. The Morgan fingerprint density at radius 2 is 2.07 bits per heavy atom. The van der Waals surface area contributed by atoms with Gasteiger partial charge in [0.05, 0.1) is 0 Å². The molecule has 90 valence electrons. The van der Waals surface area contributed by atoms with Gasteiger partial charge >= 0.3 is 0 Å². The number of hydrogen-bond donors (Lipinski definition) is 2. The maximum Gasteiger partial charge on any atom is 0.279 e. The van der Waals surface area contributed by atoms with Crippen molar-refractivity contribution in [3.8, 4) is 0 Å². The Bertz CT molecular complexity index is 275. The minimum Gasteiger partial charge on any atom is -0.330 e. The summed E-state index contributed by atoms with van der Waals surface area (Å²) in [4.78, 5) is 0. The van der Waals surface area contributed by atoms with Crippen LogP contribution in [-0.2, 0) is 10.2 Å². The molecule has 0 bridgehead atoms. The fourth-order valence-corrected chi connectivity index (χ4v) is 2.95. The first-order valence-electron chi connectivity index (χ1n) is 5.57. The van der Waals surface area contributed by atoms with Crippen molar-refractivity contribution in [2.24, 2.45) is 5.73 Å². The number of nitrogens with one attached hydrogen (secondary N) is 1. The first-order valence-corrected chi connectivity index (χ1v) is 7.01. The third-order valence-electron chi connectivity index (χ3n) is 2.32. The van der Waals surface area contributed by atoms with Crippen LogP contribution in [0.25, 0.3) is 0 Å². The highest BCUT2D eigenvalue weighted by Gasteiger charge is 2.30. The molecule has 0 amide bonds. The van der Waals surface area contributed by atoms with Crippen LogP contribution < -0.4 is 10.5 Å². The first kappa shape index (κ1) is 12.9. The predicted octanol–water partition coefficient (Wildman–Crippen LogP) is 0.0440. The fourth-order valence-electron chi connectivity index (χ4n) is 1.36. The molecule has 1 rings (SSSR count). The molecule has 3 N–H and O–H groups in total. The highest BCUT2D eigenvalue weighted by molar-refractivity contribution is 7.87. The van der Waals surface area contributed by atoms with Gasteiger partial charge < -0.3 is 5.73 Å². The van der Waals surface area contributed by atoms with E-state index < -0.39 is 10.2 Å². The molecule has 0 unspecified atom stereocenters. The lowest BCUT2D eigenvalue weighted by Gasteiger charge is -2.21. The molecule has 6 heteroatoms. The summed E-state index contributed by atoms with van der Waals surface area (Å²) in [5.41, 5.74) is 5.39. The predicted molar refractivity (Wildman–Crippen MR) is 60.6 cm³/mol. The SMILES string of the molecule is CCCN(CCCN)S(=O)(=O)NC1CC1. The summed E-state index contributed by atoms with van der Waals surface area (Å²) in [5, 5.41) is 0. The van der Waals surface area contributed by atoms with Gasteiger partial charge in [-0.2, -0.15) is 17.4 Å². The maximum atomic E-state index is 11.9. The molecular weight excluding hydrogens is 214 g/mol. The molecule has 0 aromatic rings. The largest absolute Gasteiger partial charge is 0.330 e. The van der Waals surface area contributed by atoms with Crippen LogP contribution in [0.5, 0.6) is 0 Å². The van der Waals surface area contributed by atoms with Crippen LogP contribution in [0.1, 0.15) is 32.6 Å². The molecular formula is C9H21N3O2S. The quantitative estimate of drug-likeness (QED) is 0.624. The van der Waals surface area contributed by atoms with Gasteiger partial charge in [-0.25, -0.2) is 0 Å². The molecule has 1 aliphatic carbocycles. The Kier molecular flexibility index (Phi) is 4.98. The molecule has 0 spiro atoms. The Morgan fingerprint density at radius 1 is 1.40 bits per heavy atom. The van der Waals surface area contributed by atoms with Gasteiger partial charge in [-0.1, -0.05) is 6.92 Å². The van der Waals surface area contributed by atoms with E-state index in [9.17, 15) is 8.42 Å². The van der Waals surface area contributed by atoms with E-state index in [4.69, 9.17) is 5.73 Å². The van der Waals surface area contributed by atoms with Crippen molar-refractivity contribution in [3.63, 3.8) is 0 Å². The Morgan fingerprint density at radius 3 is 2.53 bits per heavy atom. The van der Waals surface area contributed by atoms with E-state index in [-0.39, 0.29) is 6.04 Å². The summed E-state index contributed by atoms with van der Waals surface area (Å²) in [5.74, 6) is 0. The van der Waals surface area contributed by atoms with Crippen molar-refractivity contribution < 1.29 is 8.42 Å². The first-order chi connectivity index (χ1) is 7.10. The zero-order valence-electron chi connectivity index (χ0n) is 9.28. The molecule has 1 saturated carbocycles. The van der Waals surface area contributed by atoms with Gasteiger partial charge in [0.2, 0.25) is 0 Å². The number of nitrogens with zero attached hydrogens (tertiary/aromatic N) is 1. The Labute approximate surface area is 92.2 Å². The van der Waals surface area contributed by atoms with Gasteiger partial charge in [0.15, 0.2) is 0 Å². The van der Waals surface area contributed by atoms with E-state index >= 15 is 0 Å². The van der Waals surface area contributed by atoms with E-state index in [2.05, 4.69) is 4.72 Å². The van der Waals surface area contributed by atoms with Crippen molar-refractivity contribution in [1.82, 2.24) is 9.03 Å². The summed E-state index contributed by atoms with van der Waals surface area (Å²) in [6.45, 7) is 3.59. The molecule has 1 aliphatic rings. The summed E-state index contributed by atoms with van der Waals surface area (Å²) < 4.78 is 27.9. The van der Waals surface area contributed by atoms with Gasteiger partial charge in [-0.15, -0.1) is 0 Å². The fraction of sp³-hybridized carbons (Fsp3) is 1.00. The molecule has 15 heavy (non-hydrogen) atoms. The van der Waals surface area contributed by atoms with Gasteiger partial charge in [-0.3, -0.25) is 0 Å². The average Bonchev–Trinajstić information content (AvgIpc) is 2.95. The van der Waals surface area contributed by atoms with E-state index in [0.717, 1.165) is 19.3 Å². The second kappa shape index (κ2) is 5.79. The van der Waals surface area contributed by atoms with Crippen LogP contribution in [0.15, 0.2) is 0 Å². The average molecular weight is 235 g/mol. The van der Waals surface area contributed by atoms with E-state index in [0.29, 0.717) is 26.1 Å². The minimum atomic E-state index is -3.27. The molecule has 0 radical (unpaired) electrons. The number of nitrogens with two attached hydrogens (primary N) is 1. The molecule has 0 saturated heterocycles.